The molecule has 0 bridgehead atoms. The van der Waals surface area contributed by atoms with Crippen molar-refractivity contribution < 1.29 is 9.47 Å². The molecule has 0 unspecified atom stereocenters. The van der Waals surface area contributed by atoms with E-state index in [1.165, 1.54) is 0 Å². The number of nitrogens with two attached hydrogens (primary N) is 1. The summed E-state index contributed by atoms with van der Waals surface area (Å²) in [5.74, 6) is 3.54. The zero-order valence-electron chi connectivity index (χ0n) is 9.84. The van der Waals surface area contributed by atoms with Crippen LogP contribution >= 0.6 is 12.2 Å². The highest BCUT2D eigenvalue weighted by Gasteiger charge is 2.04. The third-order valence-corrected chi connectivity index (χ3v) is 1.98. The molecule has 1 aromatic rings. The molecule has 94 valence electrons. The maximum atomic E-state index is 5.31. The van der Waals surface area contributed by atoms with Crippen molar-refractivity contribution in [1.29, 1.82) is 0 Å². The summed E-state index contributed by atoms with van der Waals surface area (Å²) in [6, 6.07) is 5.31. The standard InChI is InChI=1S/C12H13N3O2S/c1-3-6-17-10-5-4-9(7-11(10)16-2)8-14-15-12(13)18/h1,4-5,7-8H,6H2,2H3,(H3,13,15,18). The molecule has 0 saturated heterocycles. The normalized spacial score (nSPS) is 9.78. The van der Waals surface area contributed by atoms with Crippen molar-refractivity contribution in [2.75, 3.05) is 13.7 Å². The fraction of sp³-hybridized carbons (Fsp3) is 0.167. The van der Waals surface area contributed by atoms with Crippen LogP contribution in [0.2, 0.25) is 0 Å². The van der Waals surface area contributed by atoms with Gasteiger partial charge in [0.15, 0.2) is 16.6 Å². The predicted molar refractivity (Wildman–Crippen MR) is 74.8 cm³/mol. The van der Waals surface area contributed by atoms with Gasteiger partial charge in [-0.1, -0.05) is 5.92 Å². The molecule has 6 heteroatoms. The molecule has 1 rings (SSSR count). The zero-order chi connectivity index (χ0) is 13.4. The number of hydrazone groups is 1. The van der Waals surface area contributed by atoms with E-state index in [4.69, 9.17) is 21.6 Å². The molecule has 0 aromatic heterocycles. The molecule has 0 aliphatic rings. The Labute approximate surface area is 111 Å². The predicted octanol–water partition coefficient (Wildman–Crippen LogP) is 0.874. The van der Waals surface area contributed by atoms with Crippen molar-refractivity contribution in [3.8, 4) is 23.8 Å². The Kier molecular flexibility index (Phi) is 5.48. The number of hydrogen-bond donors (Lipinski definition) is 2. The highest BCUT2D eigenvalue weighted by Crippen LogP contribution is 2.27. The molecular formula is C12H13N3O2S. The van der Waals surface area contributed by atoms with Crippen LogP contribution in [0.25, 0.3) is 0 Å². The Morgan fingerprint density at radius 1 is 1.61 bits per heavy atom. The van der Waals surface area contributed by atoms with Gasteiger partial charge >= 0.3 is 0 Å². The average Bonchev–Trinajstić information content (AvgIpc) is 2.36. The summed E-state index contributed by atoms with van der Waals surface area (Å²) >= 11 is 4.62. The van der Waals surface area contributed by atoms with Gasteiger partial charge in [0.05, 0.1) is 13.3 Å². The Bertz CT molecular complexity index is 495. The molecular weight excluding hydrogens is 250 g/mol. The van der Waals surface area contributed by atoms with Gasteiger partial charge in [0, 0.05) is 0 Å². The lowest BCUT2D eigenvalue weighted by Gasteiger charge is -2.08. The van der Waals surface area contributed by atoms with Gasteiger partial charge in [0.25, 0.3) is 0 Å². The van der Waals surface area contributed by atoms with Crippen LogP contribution in [0.5, 0.6) is 11.5 Å². The second-order valence-corrected chi connectivity index (χ2v) is 3.58. The number of terminal acetylenes is 1. The number of methoxy groups -OCH3 is 1. The Hall–Kier alpha value is -2.26. The van der Waals surface area contributed by atoms with Gasteiger partial charge in [0.2, 0.25) is 0 Å². The first-order valence-electron chi connectivity index (χ1n) is 5.00. The van der Waals surface area contributed by atoms with Gasteiger partial charge in [-0.25, -0.2) is 0 Å². The summed E-state index contributed by atoms with van der Waals surface area (Å²) in [6.07, 6.45) is 6.68. The van der Waals surface area contributed by atoms with Gasteiger partial charge in [-0.15, -0.1) is 6.42 Å². The molecule has 0 fully saturated rings. The highest BCUT2D eigenvalue weighted by molar-refractivity contribution is 7.80. The summed E-state index contributed by atoms with van der Waals surface area (Å²) in [5.41, 5.74) is 8.50. The fourth-order valence-electron chi connectivity index (χ4n) is 1.17. The molecule has 0 spiro atoms. The SMILES string of the molecule is C#CCOc1ccc(C=NNC(N)=S)cc1OC. The molecule has 0 aliphatic heterocycles. The van der Waals surface area contributed by atoms with Crippen LogP contribution in [0.4, 0.5) is 0 Å². The van der Waals surface area contributed by atoms with E-state index in [2.05, 4.69) is 28.7 Å². The molecule has 0 saturated carbocycles. The van der Waals surface area contributed by atoms with Gasteiger partial charge in [0.1, 0.15) is 6.61 Å². The van der Waals surface area contributed by atoms with Crippen LogP contribution in [-0.4, -0.2) is 25.0 Å². The van der Waals surface area contributed by atoms with E-state index in [1.807, 2.05) is 0 Å². The van der Waals surface area contributed by atoms with Gasteiger partial charge in [-0.2, -0.15) is 5.10 Å². The molecule has 0 aliphatic carbocycles. The van der Waals surface area contributed by atoms with Crippen LogP contribution in [0.1, 0.15) is 5.56 Å². The number of benzene rings is 1. The van der Waals surface area contributed by atoms with Crippen LogP contribution in [0, 0.1) is 12.3 Å². The quantitative estimate of drug-likeness (QED) is 0.357. The van der Waals surface area contributed by atoms with Crippen molar-refractivity contribution in [3.63, 3.8) is 0 Å². The van der Waals surface area contributed by atoms with Gasteiger partial charge in [-0.05, 0) is 36.0 Å². The maximum Gasteiger partial charge on any atom is 0.184 e. The average molecular weight is 263 g/mol. The topological polar surface area (TPSA) is 68.9 Å². The fourth-order valence-corrected chi connectivity index (χ4v) is 1.23. The van der Waals surface area contributed by atoms with Crippen LogP contribution in [0.15, 0.2) is 23.3 Å². The lowest BCUT2D eigenvalue weighted by molar-refractivity contribution is 0.331. The molecule has 1 aromatic carbocycles. The molecule has 3 N–H and O–H groups in total. The first-order chi connectivity index (χ1) is 8.67. The van der Waals surface area contributed by atoms with Crippen LogP contribution in [-0.2, 0) is 0 Å². The number of nitrogens with one attached hydrogen (secondary N) is 1. The monoisotopic (exact) mass is 263 g/mol. The van der Waals surface area contributed by atoms with Crippen molar-refractivity contribution >= 4 is 23.5 Å². The minimum absolute atomic E-state index is 0.104. The summed E-state index contributed by atoms with van der Waals surface area (Å²) in [5, 5.41) is 3.94. The molecule has 0 radical (unpaired) electrons. The van der Waals surface area contributed by atoms with E-state index in [1.54, 1.807) is 31.5 Å². The third kappa shape index (κ3) is 4.31. The Morgan fingerprint density at radius 3 is 3.00 bits per heavy atom. The van der Waals surface area contributed by atoms with Crippen molar-refractivity contribution in [3.05, 3.63) is 23.8 Å². The van der Waals surface area contributed by atoms with E-state index in [9.17, 15) is 0 Å². The second kappa shape index (κ2) is 7.14. The number of rotatable bonds is 5. The summed E-state index contributed by atoms with van der Waals surface area (Å²) in [4.78, 5) is 0. The summed E-state index contributed by atoms with van der Waals surface area (Å²) in [6.45, 7) is 0.187. The molecule has 18 heavy (non-hydrogen) atoms. The van der Waals surface area contributed by atoms with Crippen LogP contribution < -0.4 is 20.6 Å². The van der Waals surface area contributed by atoms with E-state index < -0.39 is 0 Å². The first-order valence-corrected chi connectivity index (χ1v) is 5.41. The number of hydrogen-bond acceptors (Lipinski definition) is 4. The first kappa shape index (κ1) is 13.8. The second-order valence-electron chi connectivity index (χ2n) is 3.14. The van der Waals surface area contributed by atoms with Crippen molar-refractivity contribution in [2.45, 2.75) is 0 Å². The largest absolute Gasteiger partial charge is 0.493 e. The van der Waals surface area contributed by atoms with Crippen LogP contribution in [0.3, 0.4) is 0 Å². The van der Waals surface area contributed by atoms with Crippen molar-refractivity contribution in [1.82, 2.24) is 5.43 Å². The Balaban J connectivity index is 2.81. The minimum Gasteiger partial charge on any atom is -0.493 e. The molecule has 0 atom stereocenters. The number of nitrogens with zero attached hydrogens (tertiary/aromatic N) is 1. The van der Waals surface area contributed by atoms with E-state index >= 15 is 0 Å². The smallest absolute Gasteiger partial charge is 0.184 e. The molecule has 5 nitrogen and oxygen atoms in total. The molecule has 0 amide bonds. The number of ether oxygens (including phenoxy) is 2. The third-order valence-electron chi connectivity index (χ3n) is 1.89. The van der Waals surface area contributed by atoms with Gasteiger partial charge < -0.3 is 15.2 Å². The van der Waals surface area contributed by atoms with E-state index in [0.29, 0.717) is 11.5 Å². The highest BCUT2D eigenvalue weighted by atomic mass is 32.1. The lowest BCUT2D eigenvalue weighted by Crippen LogP contribution is -2.23. The van der Waals surface area contributed by atoms with E-state index in [-0.39, 0.29) is 11.7 Å². The van der Waals surface area contributed by atoms with E-state index in [0.717, 1.165) is 5.56 Å². The van der Waals surface area contributed by atoms with Crippen molar-refractivity contribution in [2.24, 2.45) is 10.8 Å². The molecule has 0 heterocycles. The summed E-state index contributed by atoms with van der Waals surface area (Å²) < 4.78 is 10.5. The zero-order valence-corrected chi connectivity index (χ0v) is 10.7. The Morgan fingerprint density at radius 2 is 2.39 bits per heavy atom. The van der Waals surface area contributed by atoms with Gasteiger partial charge in [-0.3, -0.25) is 5.43 Å². The minimum atomic E-state index is 0.104. The maximum absolute atomic E-state index is 5.31. The summed E-state index contributed by atoms with van der Waals surface area (Å²) in [7, 11) is 1.55. The number of thiocarbonyl (C=S) groups is 1. The lowest BCUT2D eigenvalue weighted by atomic mass is 10.2.